The summed E-state index contributed by atoms with van der Waals surface area (Å²) in [6, 6.07) is 8.61. The number of fused-ring (bicyclic) bond motifs is 1. The van der Waals surface area contributed by atoms with E-state index < -0.39 is 47.4 Å². The lowest BCUT2D eigenvalue weighted by Gasteiger charge is -2.40. The monoisotopic (exact) mass is 642 g/mol. The molecule has 10 nitrogen and oxygen atoms in total. The zero-order chi connectivity index (χ0) is 31.6. The molecule has 2 unspecified atom stereocenters. The third kappa shape index (κ3) is 7.83. The number of carbonyl (C=O) groups is 3. The molecular formula is C28H31Cl2F3N6O4. The first-order valence-corrected chi connectivity index (χ1v) is 14.1. The predicted octanol–water partition coefficient (Wildman–Crippen LogP) is 3.35. The molecule has 3 heterocycles. The van der Waals surface area contributed by atoms with Crippen LogP contribution in [0.25, 0.3) is 0 Å². The number of hydrogen-bond acceptors (Lipinski definition) is 7. The summed E-state index contributed by atoms with van der Waals surface area (Å²) in [7, 11) is 0. The normalized spacial score (nSPS) is 19.6. The number of pyridine rings is 1. The van der Waals surface area contributed by atoms with Crippen LogP contribution in [0, 0.1) is 5.41 Å². The fraction of sp³-hybridized carbons (Fsp3) is 0.464. The number of nitrogens with two attached hydrogens (primary N) is 1. The van der Waals surface area contributed by atoms with Gasteiger partial charge in [-0.15, -0.1) is 0 Å². The molecule has 0 saturated carbocycles. The maximum Gasteiger partial charge on any atom is 0.408 e. The number of ether oxygens (including phenoxy) is 1. The number of hydrogen-bond donors (Lipinski definition) is 2. The molecule has 3 amide bonds. The molecule has 43 heavy (non-hydrogen) atoms. The Morgan fingerprint density at radius 2 is 1.95 bits per heavy atom. The molecule has 0 aliphatic carbocycles. The highest BCUT2D eigenvalue weighted by Crippen LogP contribution is 2.39. The second-order valence-corrected chi connectivity index (χ2v) is 12.0. The van der Waals surface area contributed by atoms with E-state index in [9.17, 15) is 27.6 Å². The minimum Gasteiger partial charge on any atom is -0.374 e. The molecule has 232 valence electrons. The fourth-order valence-corrected chi connectivity index (χ4v) is 5.39. The van der Waals surface area contributed by atoms with Gasteiger partial charge in [0.15, 0.2) is 0 Å². The van der Waals surface area contributed by atoms with Gasteiger partial charge in [-0.25, -0.2) is 5.01 Å². The van der Waals surface area contributed by atoms with Crippen LogP contribution < -0.4 is 11.1 Å². The van der Waals surface area contributed by atoms with Crippen LogP contribution >= 0.6 is 23.2 Å². The van der Waals surface area contributed by atoms with E-state index in [4.69, 9.17) is 33.7 Å². The topological polar surface area (TPSA) is 130 Å². The first-order chi connectivity index (χ1) is 20.1. The second kappa shape index (κ2) is 12.8. The van der Waals surface area contributed by atoms with Crippen LogP contribution in [0.2, 0.25) is 10.0 Å². The summed E-state index contributed by atoms with van der Waals surface area (Å²) in [6.07, 6.45) is -3.19. The lowest BCUT2D eigenvalue weighted by Crippen LogP contribution is -2.62. The number of benzene rings is 1. The molecule has 2 aliphatic heterocycles. The summed E-state index contributed by atoms with van der Waals surface area (Å²) < 4.78 is 45.7. The van der Waals surface area contributed by atoms with Crippen molar-refractivity contribution < 1.29 is 32.3 Å². The van der Waals surface area contributed by atoms with Crippen molar-refractivity contribution in [1.82, 2.24) is 20.2 Å². The molecule has 1 fully saturated rings. The molecule has 2 atom stereocenters. The van der Waals surface area contributed by atoms with E-state index in [1.165, 1.54) is 31.0 Å². The largest absolute Gasteiger partial charge is 0.408 e. The first-order valence-electron chi connectivity index (χ1n) is 13.4. The number of likely N-dealkylation sites (tertiary alicyclic amines) is 1. The van der Waals surface area contributed by atoms with Crippen molar-refractivity contribution in [1.29, 1.82) is 0 Å². The van der Waals surface area contributed by atoms with Gasteiger partial charge in [0.25, 0.3) is 5.91 Å². The summed E-state index contributed by atoms with van der Waals surface area (Å²) in [5.74, 6) is -2.10. The molecule has 1 aromatic carbocycles. The summed E-state index contributed by atoms with van der Waals surface area (Å²) >= 11 is 12.2. The molecule has 2 aliphatic rings. The Hall–Kier alpha value is -3.26. The quantitative estimate of drug-likeness (QED) is 0.409. The predicted molar refractivity (Wildman–Crippen MR) is 153 cm³/mol. The maximum absolute atomic E-state index is 13.9. The van der Waals surface area contributed by atoms with E-state index in [0.717, 1.165) is 0 Å². The van der Waals surface area contributed by atoms with Gasteiger partial charge in [-0.3, -0.25) is 19.4 Å². The van der Waals surface area contributed by atoms with Gasteiger partial charge in [0.1, 0.15) is 18.0 Å². The van der Waals surface area contributed by atoms with Gasteiger partial charge in [-0.1, -0.05) is 35.3 Å². The minimum atomic E-state index is -4.68. The summed E-state index contributed by atoms with van der Waals surface area (Å²) in [5, 5.41) is 7.86. The Morgan fingerprint density at radius 3 is 2.58 bits per heavy atom. The Kier molecular flexibility index (Phi) is 9.69. The number of rotatable bonds is 10. The minimum absolute atomic E-state index is 0.00697. The highest BCUT2D eigenvalue weighted by Gasteiger charge is 2.56. The number of carbonyl (C=O) groups excluding carboxylic acids is 3. The van der Waals surface area contributed by atoms with Gasteiger partial charge < -0.3 is 20.7 Å². The Bertz CT molecular complexity index is 1400. The SMILES string of the molecule is CC(C)(N)C(=O)NC(COCc1ccc(Cl)cc1Cl)C(=O)N1CCC2=NN(CC(F)(F)F)C(=O)C2(Cc2ccccn2)C1. The third-order valence-electron chi connectivity index (χ3n) is 7.11. The number of nitrogens with zero attached hydrogens (tertiary/aromatic N) is 4. The van der Waals surface area contributed by atoms with E-state index >= 15 is 0 Å². The molecule has 0 bridgehead atoms. The zero-order valence-corrected chi connectivity index (χ0v) is 25.0. The summed E-state index contributed by atoms with van der Waals surface area (Å²) in [5.41, 5.74) is 4.34. The van der Waals surface area contributed by atoms with Crippen molar-refractivity contribution in [3.63, 3.8) is 0 Å². The zero-order valence-electron chi connectivity index (χ0n) is 23.5. The van der Waals surface area contributed by atoms with Crippen molar-refractivity contribution in [3.05, 3.63) is 63.9 Å². The Labute approximate surface area is 256 Å². The molecule has 4 rings (SSSR count). The highest BCUT2D eigenvalue weighted by molar-refractivity contribution is 6.35. The van der Waals surface area contributed by atoms with Gasteiger partial charge in [-0.2, -0.15) is 18.3 Å². The number of amides is 3. The van der Waals surface area contributed by atoms with Crippen molar-refractivity contribution in [3.8, 4) is 0 Å². The third-order valence-corrected chi connectivity index (χ3v) is 7.70. The van der Waals surface area contributed by atoms with Crippen molar-refractivity contribution in [2.45, 2.75) is 51.1 Å². The first kappa shape index (κ1) is 32.6. The highest BCUT2D eigenvalue weighted by atomic mass is 35.5. The standard InChI is InChI=1S/C28H31Cl2F3N6O4/c1-26(2,34)24(41)36-21(14-43-13-17-6-7-18(29)11-20(17)30)23(40)38-10-8-22-27(15-38,12-19-5-3-4-9-35-19)25(42)39(37-22)16-28(31,32)33/h3-7,9,11,21H,8,10,12-16,34H2,1-2H3,(H,36,41). The van der Waals surface area contributed by atoms with Crippen LogP contribution in [-0.2, 0) is 32.1 Å². The van der Waals surface area contributed by atoms with Crippen LogP contribution in [0.5, 0.6) is 0 Å². The second-order valence-electron chi connectivity index (χ2n) is 11.1. The molecule has 0 spiro atoms. The van der Waals surface area contributed by atoms with E-state index in [1.807, 2.05) is 0 Å². The van der Waals surface area contributed by atoms with Crippen molar-refractivity contribution >= 4 is 46.6 Å². The number of piperidine rings is 1. The fourth-order valence-electron chi connectivity index (χ4n) is 4.93. The number of aromatic nitrogens is 1. The lowest BCUT2D eigenvalue weighted by atomic mass is 9.74. The number of hydrazone groups is 1. The number of halogens is 5. The summed E-state index contributed by atoms with van der Waals surface area (Å²) in [4.78, 5) is 45.9. The van der Waals surface area contributed by atoms with Gasteiger partial charge in [-0.05, 0) is 43.7 Å². The van der Waals surface area contributed by atoms with Crippen LogP contribution in [0.4, 0.5) is 13.2 Å². The van der Waals surface area contributed by atoms with Crippen molar-refractivity contribution in [2.24, 2.45) is 16.3 Å². The maximum atomic E-state index is 13.9. The van der Waals surface area contributed by atoms with E-state index in [0.29, 0.717) is 26.3 Å². The van der Waals surface area contributed by atoms with Crippen LogP contribution in [0.3, 0.4) is 0 Å². The molecule has 1 saturated heterocycles. The molecule has 1 aromatic heterocycles. The molecule has 0 radical (unpaired) electrons. The molecular weight excluding hydrogens is 612 g/mol. The smallest absolute Gasteiger partial charge is 0.374 e. The van der Waals surface area contributed by atoms with Gasteiger partial charge >= 0.3 is 6.18 Å². The molecule has 2 aromatic rings. The van der Waals surface area contributed by atoms with E-state index in [-0.39, 0.29) is 44.9 Å². The van der Waals surface area contributed by atoms with Crippen molar-refractivity contribution in [2.75, 3.05) is 26.2 Å². The Morgan fingerprint density at radius 1 is 1.21 bits per heavy atom. The number of nitrogens with one attached hydrogen (secondary N) is 1. The number of alkyl halides is 3. The average Bonchev–Trinajstić information content (AvgIpc) is 3.17. The van der Waals surface area contributed by atoms with Gasteiger partial charge in [0.05, 0.1) is 24.5 Å². The van der Waals surface area contributed by atoms with Crippen LogP contribution in [0.15, 0.2) is 47.7 Å². The van der Waals surface area contributed by atoms with E-state index in [2.05, 4.69) is 15.4 Å². The van der Waals surface area contributed by atoms with Gasteiger partial charge in [0, 0.05) is 47.9 Å². The molecule has 15 heteroatoms. The summed E-state index contributed by atoms with van der Waals surface area (Å²) in [6.45, 7) is 0.877. The van der Waals surface area contributed by atoms with Crippen LogP contribution in [0.1, 0.15) is 31.5 Å². The van der Waals surface area contributed by atoms with E-state index in [1.54, 1.807) is 30.3 Å². The Balaban J connectivity index is 1.59. The molecule has 3 N–H and O–H groups in total. The lowest BCUT2D eigenvalue weighted by molar-refractivity contribution is -0.164. The average molecular weight is 643 g/mol. The van der Waals surface area contributed by atoms with Gasteiger partial charge in [0.2, 0.25) is 11.8 Å². The van der Waals surface area contributed by atoms with Crippen LogP contribution in [-0.4, -0.2) is 82.3 Å².